The van der Waals surface area contributed by atoms with E-state index < -0.39 is 0 Å². The standard InChI is InChI=1S/C16H15N3O2S2/c1-22-8-7-13(20)18-19-10-17-15-14(16(19)21)12(9-23-15)11-5-3-2-4-6-11/h2-6,9-10H,7-8H2,1H3,(H,18,20). The van der Waals surface area contributed by atoms with E-state index in [-0.39, 0.29) is 11.5 Å². The maximum absolute atomic E-state index is 12.7. The summed E-state index contributed by atoms with van der Waals surface area (Å²) in [6, 6.07) is 9.70. The summed E-state index contributed by atoms with van der Waals surface area (Å²) in [5.41, 5.74) is 4.15. The molecule has 2 aromatic heterocycles. The number of hydrogen-bond acceptors (Lipinski definition) is 5. The number of carbonyl (C=O) groups is 1. The van der Waals surface area contributed by atoms with E-state index in [4.69, 9.17) is 0 Å². The molecular formula is C16H15N3O2S2. The second-order valence-corrected chi connectivity index (χ2v) is 6.74. The number of nitrogens with one attached hydrogen (secondary N) is 1. The minimum atomic E-state index is -0.257. The van der Waals surface area contributed by atoms with E-state index in [1.165, 1.54) is 22.3 Å². The number of aromatic nitrogens is 2. The Morgan fingerprint density at radius 2 is 2.13 bits per heavy atom. The van der Waals surface area contributed by atoms with Gasteiger partial charge in [0.1, 0.15) is 11.2 Å². The van der Waals surface area contributed by atoms with Crippen LogP contribution in [-0.4, -0.2) is 27.6 Å². The van der Waals surface area contributed by atoms with Crippen molar-refractivity contribution in [2.45, 2.75) is 6.42 Å². The number of nitrogens with zero attached hydrogens (tertiary/aromatic N) is 2. The Labute approximate surface area is 141 Å². The number of benzene rings is 1. The fourth-order valence-corrected chi connectivity index (χ4v) is 3.52. The summed E-state index contributed by atoms with van der Waals surface area (Å²) >= 11 is 3.01. The Balaban J connectivity index is 2.01. The molecule has 3 aromatic rings. The average Bonchev–Trinajstić information content (AvgIpc) is 3.01. The van der Waals surface area contributed by atoms with Crippen LogP contribution >= 0.6 is 23.1 Å². The Morgan fingerprint density at radius 1 is 1.35 bits per heavy atom. The first-order chi connectivity index (χ1) is 11.2. The quantitative estimate of drug-likeness (QED) is 0.772. The third-order valence-electron chi connectivity index (χ3n) is 3.36. The predicted octanol–water partition coefficient (Wildman–Crippen LogP) is 2.95. The van der Waals surface area contributed by atoms with Crippen LogP contribution in [0.4, 0.5) is 0 Å². The average molecular weight is 345 g/mol. The molecule has 0 unspecified atom stereocenters. The van der Waals surface area contributed by atoms with E-state index >= 15 is 0 Å². The van der Waals surface area contributed by atoms with Crippen molar-refractivity contribution in [3.05, 3.63) is 52.4 Å². The zero-order chi connectivity index (χ0) is 16.2. The summed E-state index contributed by atoms with van der Waals surface area (Å²) in [6.07, 6.45) is 3.66. The summed E-state index contributed by atoms with van der Waals surface area (Å²) in [6.45, 7) is 0. The monoisotopic (exact) mass is 345 g/mol. The molecule has 0 fully saturated rings. The minimum absolute atomic E-state index is 0.195. The molecule has 118 valence electrons. The number of thioether (sulfide) groups is 1. The van der Waals surface area contributed by atoms with E-state index in [9.17, 15) is 9.59 Å². The van der Waals surface area contributed by atoms with Crippen LogP contribution in [-0.2, 0) is 4.79 Å². The normalized spacial score (nSPS) is 10.8. The van der Waals surface area contributed by atoms with Crippen molar-refractivity contribution in [1.29, 1.82) is 0 Å². The maximum Gasteiger partial charge on any atom is 0.281 e. The predicted molar refractivity (Wildman–Crippen MR) is 96.7 cm³/mol. The van der Waals surface area contributed by atoms with Gasteiger partial charge in [0.2, 0.25) is 5.91 Å². The lowest BCUT2D eigenvalue weighted by atomic mass is 10.1. The van der Waals surface area contributed by atoms with Crippen molar-refractivity contribution in [2.75, 3.05) is 17.4 Å². The molecule has 7 heteroatoms. The Kier molecular flexibility index (Phi) is 4.78. The van der Waals surface area contributed by atoms with Crippen LogP contribution < -0.4 is 11.0 Å². The highest BCUT2D eigenvalue weighted by Gasteiger charge is 2.14. The summed E-state index contributed by atoms with van der Waals surface area (Å²) in [7, 11) is 0. The lowest BCUT2D eigenvalue weighted by Crippen LogP contribution is -2.33. The van der Waals surface area contributed by atoms with Gasteiger partial charge in [0.15, 0.2) is 0 Å². The molecule has 0 saturated heterocycles. The molecule has 0 saturated carbocycles. The van der Waals surface area contributed by atoms with Crippen molar-refractivity contribution >= 4 is 39.2 Å². The fourth-order valence-electron chi connectivity index (χ4n) is 2.23. The van der Waals surface area contributed by atoms with Crippen molar-refractivity contribution in [2.24, 2.45) is 0 Å². The van der Waals surface area contributed by atoms with E-state index in [0.717, 1.165) is 11.1 Å². The molecule has 0 aliphatic rings. The van der Waals surface area contributed by atoms with Gasteiger partial charge in [-0.1, -0.05) is 30.3 Å². The zero-order valence-electron chi connectivity index (χ0n) is 12.5. The number of thiophene rings is 1. The lowest BCUT2D eigenvalue weighted by Gasteiger charge is -2.07. The molecule has 0 aliphatic heterocycles. The number of amides is 1. The largest absolute Gasteiger partial charge is 0.281 e. The van der Waals surface area contributed by atoms with Gasteiger partial charge in [0.25, 0.3) is 5.56 Å². The molecule has 5 nitrogen and oxygen atoms in total. The molecule has 0 spiro atoms. The first-order valence-corrected chi connectivity index (χ1v) is 9.31. The summed E-state index contributed by atoms with van der Waals surface area (Å²) in [5.74, 6) is 0.517. The summed E-state index contributed by atoms with van der Waals surface area (Å²) in [5, 5.41) is 2.46. The van der Waals surface area contributed by atoms with Crippen LogP contribution in [0.3, 0.4) is 0 Å². The van der Waals surface area contributed by atoms with E-state index in [2.05, 4.69) is 10.4 Å². The molecule has 0 atom stereocenters. The van der Waals surface area contributed by atoms with Crippen LogP contribution in [0.25, 0.3) is 21.3 Å². The van der Waals surface area contributed by atoms with Gasteiger partial charge in [-0.25, -0.2) is 9.66 Å². The smallest absolute Gasteiger partial charge is 0.273 e. The van der Waals surface area contributed by atoms with Gasteiger partial charge in [-0.2, -0.15) is 11.8 Å². The van der Waals surface area contributed by atoms with E-state index in [1.54, 1.807) is 11.8 Å². The number of rotatable bonds is 5. The van der Waals surface area contributed by atoms with Crippen LogP contribution in [0.1, 0.15) is 6.42 Å². The van der Waals surface area contributed by atoms with E-state index in [1.807, 2.05) is 42.0 Å². The van der Waals surface area contributed by atoms with Crippen LogP contribution in [0.5, 0.6) is 0 Å². The maximum atomic E-state index is 12.7. The van der Waals surface area contributed by atoms with Gasteiger partial charge in [0, 0.05) is 23.1 Å². The molecular weight excluding hydrogens is 330 g/mol. The Hall–Kier alpha value is -2.12. The molecule has 2 heterocycles. The molecule has 1 aromatic carbocycles. The third kappa shape index (κ3) is 3.30. The van der Waals surface area contributed by atoms with Crippen LogP contribution in [0.2, 0.25) is 0 Å². The molecule has 1 amide bonds. The molecule has 0 bridgehead atoms. The molecule has 0 aliphatic carbocycles. The molecule has 23 heavy (non-hydrogen) atoms. The van der Waals surface area contributed by atoms with E-state index in [0.29, 0.717) is 22.4 Å². The third-order valence-corrected chi connectivity index (χ3v) is 4.86. The zero-order valence-corrected chi connectivity index (χ0v) is 14.1. The van der Waals surface area contributed by atoms with Crippen molar-refractivity contribution < 1.29 is 4.79 Å². The second kappa shape index (κ2) is 6.97. The number of carbonyl (C=O) groups excluding carboxylic acids is 1. The highest BCUT2D eigenvalue weighted by Crippen LogP contribution is 2.30. The van der Waals surface area contributed by atoms with Crippen molar-refractivity contribution in [3.63, 3.8) is 0 Å². The van der Waals surface area contributed by atoms with Crippen LogP contribution in [0.15, 0.2) is 46.8 Å². The summed E-state index contributed by atoms with van der Waals surface area (Å²) in [4.78, 5) is 29.5. The fraction of sp³-hybridized carbons (Fsp3) is 0.188. The van der Waals surface area contributed by atoms with Gasteiger partial charge in [0.05, 0.1) is 5.39 Å². The second-order valence-electron chi connectivity index (χ2n) is 4.89. The van der Waals surface area contributed by atoms with Gasteiger partial charge in [-0.3, -0.25) is 15.0 Å². The van der Waals surface area contributed by atoms with Gasteiger partial charge in [-0.05, 0) is 11.8 Å². The van der Waals surface area contributed by atoms with Gasteiger partial charge < -0.3 is 0 Å². The Morgan fingerprint density at radius 3 is 2.87 bits per heavy atom. The topological polar surface area (TPSA) is 64.0 Å². The van der Waals surface area contributed by atoms with Crippen LogP contribution in [0, 0.1) is 0 Å². The van der Waals surface area contributed by atoms with Gasteiger partial charge >= 0.3 is 0 Å². The summed E-state index contributed by atoms with van der Waals surface area (Å²) < 4.78 is 1.17. The van der Waals surface area contributed by atoms with Crippen molar-refractivity contribution in [3.8, 4) is 11.1 Å². The highest BCUT2D eigenvalue weighted by atomic mass is 32.2. The minimum Gasteiger partial charge on any atom is -0.273 e. The highest BCUT2D eigenvalue weighted by molar-refractivity contribution is 7.98. The van der Waals surface area contributed by atoms with Gasteiger partial charge in [-0.15, -0.1) is 11.3 Å². The molecule has 3 rings (SSSR count). The SMILES string of the molecule is CSCCC(=O)Nn1cnc2scc(-c3ccccc3)c2c1=O. The lowest BCUT2D eigenvalue weighted by molar-refractivity contribution is -0.116. The Bertz CT molecular complexity index is 887. The van der Waals surface area contributed by atoms with Crippen molar-refractivity contribution in [1.82, 2.24) is 9.66 Å². The first-order valence-electron chi connectivity index (χ1n) is 7.04. The molecule has 0 radical (unpaired) electrons. The molecule has 1 N–H and O–H groups in total. The first kappa shape index (κ1) is 15.8. The number of fused-ring (bicyclic) bond motifs is 1. The number of hydrogen-bond donors (Lipinski definition) is 1.